The van der Waals surface area contributed by atoms with Crippen molar-refractivity contribution in [2.24, 2.45) is 5.11 Å². The van der Waals surface area contributed by atoms with Crippen molar-refractivity contribution >= 4 is 22.6 Å². The van der Waals surface area contributed by atoms with E-state index in [0.717, 1.165) is 0 Å². The van der Waals surface area contributed by atoms with Crippen LogP contribution in [0.4, 0.5) is 14.5 Å². The minimum atomic E-state index is -2.70. The van der Waals surface area contributed by atoms with Gasteiger partial charge in [0.2, 0.25) is 0 Å². The lowest BCUT2D eigenvalue weighted by Gasteiger charge is -2.40. The summed E-state index contributed by atoms with van der Waals surface area (Å²) in [6.07, 6.45) is 1.05. The molecular weight excluding hydrogens is 424 g/mol. The Balaban J connectivity index is 1.57. The van der Waals surface area contributed by atoms with Gasteiger partial charge >= 0.3 is 5.63 Å². The molecule has 2 unspecified atom stereocenters. The molecule has 0 saturated carbocycles. The van der Waals surface area contributed by atoms with Crippen molar-refractivity contribution in [2.75, 3.05) is 31.1 Å². The number of carbonyl (C=O) groups excluding carboxylic acids is 1. The Morgan fingerprint density at radius 3 is 2.78 bits per heavy atom. The Labute approximate surface area is 183 Å². The summed E-state index contributed by atoms with van der Waals surface area (Å²) in [6.45, 7) is 3.66. The highest BCUT2D eigenvalue weighted by molar-refractivity contribution is 5.97. The number of azide groups is 1. The van der Waals surface area contributed by atoms with Gasteiger partial charge in [0.15, 0.2) is 0 Å². The maximum atomic E-state index is 13.1. The van der Waals surface area contributed by atoms with Gasteiger partial charge in [-0.05, 0) is 50.4 Å². The number of halogens is 2. The van der Waals surface area contributed by atoms with Crippen molar-refractivity contribution in [1.82, 2.24) is 5.32 Å². The molecule has 0 spiro atoms. The smallest absolute Gasteiger partial charge is 0.349 e. The SMILES string of the molecule is CC(CCOC(C)CCN=[N+]=[N-])NC(=O)c1cc2ccc(N3CC(F)(F)C3)cc2oc1=O. The van der Waals surface area contributed by atoms with Gasteiger partial charge in [0.1, 0.15) is 11.1 Å². The van der Waals surface area contributed by atoms with Gasteiger partial charge in [-0.1, -0.05) is 5.11 Å². The van der Waals surface area contributed by atoms with Crippen LogP contribution in [0.5, 0.6) is 0 Å². The average Bonchev–Trinajstić information content (AvgIpc) is 2.71. The van der Waals surface area contributed by atoms with Crippen LogP contribution in [0.2, 0.25) is 0 Å². The molecule has 9 nitrogen and oxygen atoms in total. The molecule has 1 N–H and O–H groups in total. The Morgan fingerprint density at radius 2 is 2.09 bits per heavy atom. The molecule has 0 aliphatic carbocycles. The summed E-state index contributed by atoms with van der Waals surface area (Å²) in [5.74, 6) is -3.26. The van der Waals surface area contributed by atoms with Gasteiger partial charge < -0.3 is 19.4 Å². The fourth-order valence-electron chi connectivity index (χ4n) is 3.34. The van der Waals surface area contributed by atoms with E-state index in [2.05, 4.69) is 15.3 Å². The Kier molecular flexibility index (Phi) is 7.32. The maximum absolute atomic E-state index is 13.1. The molecule has 2 atom stereocenters. The van der Waals surface area contributed by atoms with E-state index in [0.29, 0.717) is 37.1 Å². The second-order valence-electron chi connectivity index (χ2n) is 7.97. The van der Waals surface area contributed by atoms with Crippen LogP contribution in [0.1, 0.15) is 37.0 Å². The minimum Gasteiger partial charge on any atom is -0.422 e. The van der Waals surface area contributed by atoms with Crippen LogP contribution in [0.15, 0.2) is 38.6 Å². The third-order valence-electron chi connectivity index (χ3n) is 5.20. The van der Waals surface area contributed by atoms with Crippen molar-refractivity contribution in [2.45, 2.75) is 44.8 Å². The van der Waals surface area contributed by atoms with Crippen LogP contribution < -0.4 is 15.8 Å². The van der Waals surface area contributed by atoms with Gasteiger partial charge in [-0.2, -0.15) is 0 Å². The number of hydrogen-bond donors (Lipinski definition) is 1. The molecule has 0 radical (unpaired) electrons. The van der Waals surface area contributed by atoms with Crippen molar-refractivity contribution in [1.29, 1.82) is 0 Å². The normalized spacial score (nSPS) is 16.7. The number of ether oxygens (including phenoxy) is 1. The summed E-state index contributed by atoms with van der Waals surface area (Å²) >= 11 is 0. The van der Waals surface area contributed by atoms with Crippen molar-refractivity contribution < 1.29 is 22.7 Å². The average molecular weight is 449 g/mol. The van der Waals surface area contributed by atoms with Crippen LogP contribution in [0, 0.1) is 0 Å². The first kappa shape index (κ1) is 23.5. The summed E-state index contributed by atoms with van der Waals surface area (Å²) in [6, 6.07) is 6.00. The summed E-state index contributed by atoms with van der Waals surface area (Å²) in [7, 11) is 0. The van der Waals surface area contributed by atoms with E-state index >= 15 is 0 Å². The van der Waals surface area contributed by atoms with Crippen LogP contribution in [-0.4, -0.2) is 50.2 Å². The number of nitrogens with one attached hydrogen (secondary N) is 1. The molecule has 3 rings (SSSR count). The number of hydrogen-bond acceptors (Lipinski definition) is 6. The minimum absolute atomic E-state index is 0.0803. The number of carbonyl (C=O) groups is 1. The predicted molar refractivity (Wildman–Crippen MR) is 115 cm³/mol. The Morgan fingerprint density at radius 1 is 1.34 bits per heavy atom. The molecule has 1 saturated heterocycles. The molecule has 172 valence electrons. The number of nitrogens with zero attached hydrogens (tertiary/aromatic N) is 4. The highest BCUT2D eigenvalue weighted by atomic mass is 19.3. The van der Waals surface area contributed by atoms with Crippen LogP contribution in [0.25, 0.3) is 21.4 Å². The zero-order valence-electron chi connectivity index (χ0n) is 17.9. The summed E-state index contributed by atoms with van der Waals surface area (Å²) < 4.78 is 37.1. The van der Waals surface area contributed by atoms with Gasteiger partial charge in [0.25, 0.3) is 11.8 Å². The Bertz CT molecular complexity index is 1080. The van der Waals surface area contributed by atoms with Gasteiger partial charge in [-0.15, -0.1) is 0 Å². The molecular formula is C21H25F2N5O4. The molecule has 2 heterocycles. The van der Waals surface area contributed by atoms with E-state index in [4.69, 9.17) is 14.7 Å². The first-order valence-electron chi connectivity index (χ1n) is 10.3. The summed E-state index contributed by atoms with van der Waals surface area (Å²) in [5, 5.41) is 6.73. The number of benzene rings is 1. The molecule has 1 aromatic heterocycles. The van der Waals surface area contributed by atoms with Gasteiger partial charge in [-0.3, -0.25) is 4.79 Å². The van der Waals surface area contributed by atoms with Crippen LogP contribution in [-0.2, 0) is 4.74 Å². The van der Waals surface area contributed by atoms with Gasteiger partial charge in [-0.25, -0.2) is 13.6 Å². The van der Waals surface area contributed by atoms with E-state index < -0.39 is 17.5 Å². The molecule has 2 aromatic rings. The lowest BCUT2D eigenvalue weighted by Crippen LogP contribution is -2.56. The number of fused-ring (bicyclic) bond motifs is 1. The molecule has 11 heteroatoms. The fraction of sp³-hybridized carbons (Fsp3) is 0.524. The fourth-order valence-corrected chi connectivity index (χ4v) is 3.34. The third-order valence-corrected chi connectivity index (χ3v) is 5.20. The number of amides is 1. The predicted octanol–water partition coefficient (Wildman–Crippen LogP) is 3.86. The van der Waals surface area contributed by atoms with E-state index in [1.54, 1.807) is 19.1 Å². The number of rotatable bonds is 10. The largest absolute Gasteiger partial charge is 0.422 e. The molecule has 1 aliphatic heterocycles. The van der Waals surface area contributed by atoms with Crippen LogP contribution >= 0.6 is 0 Å². The topological polar surface area (TPSA) is 121 Å². The zero-order chi connectivity index (χ0) is 23.3. The van der Waals surface area contributed by atoms with Crippen LogP contribution in [0.3, 0.4) is 0 Å². The monoisotopic (exact) mass is 449 g/mol. The highest BCUT2D eigenvalue weighted by Gasteiger charge is 2.44. The molecule has 1 aliphatic rings. The first-order valence-corrected chi connectivity index (χ1v) is 10.3. The van der Waals surface area contributed by atoms with Gasteiger partial charge in [0.05, 0.1) is 19.2 Å². The highest BCUT2D eigenvalue weighted by Crippen LogP contribution is 2.33. The Hall–Kier alpha value is -3.17. The first-order chi connectivity index (χ1) is 15.2. The second kappa shape index (κ2) is 9.97. The molecule has 32 heavy (non-hydrogen) atoms. The van der Waals surface area contributed by atoms with E-state index in [1.165, 1.54) is 17.0 Å². The maximum Gasteiger partial charge on any atom is 0.349 e. The van der Waals surface area contributed by atoms with E-state index in [-0.39, 0.29) is 36.4 Å². The molecule has 0 bridgehead atoms. The van der Waals surface area contributed by atoms with Crippen molar-refractivity contribution in [3.8, 4) is 0 Å². The zero-order valence-corrected chi connectivity index (χ0v) is 17.9. The molecule has 1 fully saturated rings. The third kappa shape index (κ3) is 5.95. The lowest BCUT2D eigenvalue weighted by molar-refractivity contribution is -0.0262. The lowest BCUT2D eigenvalue weighted by atomic mass is 10.1. The van der Waals surface area contributed by atoms with Crippen molar-refractivity contribution in [3.05, 3.63) is 50.7 Å². The van der Waals surface area contributed by atoms with Gasteiger partial charge in [0, 0.05) is 41.2 Å². The number of alkyl halides is 2. The van der Waals surface area contributed by atoms with E-state index in [9.17, 15) is 18.4 Å². The van der Waals surface area contributed by atoms with Crippen molar-refractivity contribution in [3.63, 3.8) is 0 Å². The summed E-state index contributed by atoms with van der Waals surface area (Å²) in [4.78, 5) is 29.0. The second-order valence-corrected chi connectivity index (χ2v) is 7.97. The molecule has 1 amide bonds. The number of anilines is 1. The van der Waals surface area contributed by atoms with E-state index in [1.807, 2.05) is 6.92 Å². The summed E-state index contributed by atoms with van der Waals surface area (Å²) in [5.41, 5.74) is 8.11. The molecule has 1 aromatic carbocycles. The standard InChI is InChI=1S/C21H25F2N5O4/c1-13(6-8-31-14(2)5-7-25-27-24)26-19(29)17-9-15-3-4-16(10-18(15)32-20(17)30)28-11-21(22,23)12-28/h3-4,9-10,13-14H,5-8,11-12H2,1-2H3,(H,26,29). The quantitative estimate of drug-likeness (QED) is 0.256.